The van der Waals surface area contributed by atoms with Crippen LogP contribution >= 0.6 is 0 Å². The van der Waals surface area contributed by atoms with E-state index in [1.165, 1.54) is 12.1 Å². The second kappa shape index (κ2) is 5.96. The van der Waals surface area contributed by atoms with E-state index < -0.39 is 21.2 Å². The van der Waals surface area contributed by atoms with Gasteiger partial charge in [-0.3, -0.25) is 0 Å². The van der Waals surface area contributed by atoms with E-state index in [1.807, 2.05) is 13.0 Å². The Labute approximate surface area is 156 Å². The highest BCUT2D eigenvalue weighted by atomic mass is 32.2. The monoisotopic (exact) mass is 387 g/mol. The zero-order chi connectivity index (χ0) is 19.4. The summed E-state index contributed by atoms with van der Waals surface area (Å²) in [5, 5.41) is 28.9. The van der Waals surface area contributed by atoms with Gasteiger partial charge in [-0.1, -0.05) is 17.7 Å². The van der Waals surface area contributed by atoms with Crippen molar-refractivity contribution in [3.05, 3.63) is 52.6 Å². The van der Waals surface area contributed by atoms with Crippen LogP contribution in [0.5, 0.6) is 11.5 Å². The van der Waals surface area contributed by atoms with Crippen LogP contribution in [0, 0.1) is 18.3 Å². The molecule has 140 valence electrons. The molecule has 1 unspecified atom stereocenters. The lowest BCUT2D eigenvalue weighted by Crippen LogP contribution is -2.44. The molecule has 4 rings (SSSR count). The molecule has 0 radical (unpaired) electrons. The minimum absolute atomic E-state index is 0.00320. The minimum atomic E-state index is -3.78. The molecule has 2 aromatic carbocycles. The molecule has 2 heterocycles. The van der Waals surface area contributed by atoms with Crippen LogP contribution in [0.2, 0.25) is 0 Å². The summed E-state index contributed by atoms with van der Waals surface area (Å²) in [6.45, 7) is 1.87. The molecule has 2 aromatic rings. The fraction of sp³-hybridized carbons (Fsp3) is 0.316. The molecule has 7 nitrogen and oxygen atoms in total. The first-order valence-electron chi connectivity index (χ1n) is 8.37. The number of ether oxygens (including phenoxy) is 2. The quantitative estimate of drug-likeness (QED) is 0.764. The molecule has 2 N–H and O–H groups in total. The summed E-state index contributed by atoms with van der Waals surface area (Å²) < 4.78 is 37.0. The second-order valence-corrected chi connectivity index (χ2v) is 8.87. The Morgan fingerprint density at radius 1 is 1.26 bits per heavy atom. The number of aliphatic hydroxyl groups is 2. The molecule has 0 saturated heterocycles. The van der Waals surface area contributed by atoms with Gasteiger partial charge in [0.05, 0.1) is 23.8 Å². The van der Waals surface area contributed by atoms with E-state index >= 15 is 0 Å². The first-order valence-corrected chi connectivity index (χ1v) is 9.91. The Hall–Kier alpha value is -2.60. The molecule has 4 bridgehead atoms. The van der Waals surface area contributed by atoms with Crippen LogP contribution in [0.3, 0.4) is 0 Å². The van der Waals surface area contributed by atoms with Crippen molar-refractivity contribution >= 4 is 9.84 Å². The Balaban J connectivity index is 1.77. The zero-order valence-corrected chi connectivity index (χ0v) is 15.3. The highest BCUT2D eigenvalue weighted by Gasteiger charge is 2.44. The second-order valence-electron chi connectivity index (χ2n) is 6.79. The summed E-state index contributed by atoms with van der Waals surface area (Å²) in [5.74, 6) is -2.03. The van der Waals surface area contributed by atoms with Crippen molar-refractivity contribution in [2.75, 3.05) is 0 Å². The minimum Gasteiger partial charge on any atom is -0.474 e. The van der Waals surface area contributed by atoms with Gasteiger partial charge < -0.3 is 19.7 Å². The topological polar surface area (TPSA) is 117 Å². The predicted octanol–water partition coefficient (Wildman–Crippen LogP) is 1.37. The van der Waals surface area contributed by atoms with Crippen LogP contribution in [0.1, 0.15) is 22.3 Å². The third-order valence-electron chi connectivity index (χ3n) is 4.80. The average Bonchev–Trinajstić information content (AvgIpc) is 2.58. The number of nitrogens with zero attached hydrogens (tertiary/aromatic N) is 1. The van der Waals surface area contributed by atoms with Crippen molar-refractivity contribution in [2.24, 2.45) is 0 Å². The molecule has 0 saturated carbocycles. The zero-order valence-electron chi connectivity index (χ0n) is 14.5. The van der Waals surface area contributed by atoms with E-state index in [9.17, 15) is 18.6 Å². The smallest absolute Gasteiger partial charge is 0.326 e. The molecule has 0 amide bonds. The van der Waals surface area contributed by atoms with Crippen LogP contribution in [0.25, 0.3) is 0 Å². The molecule has 2 aliphatic heterocycles. The standard InChI is InChI=1S/C19H17NO6S/c1-11-2-4-13(5-3-11)27(23,24)17-9-14-15-10-19(21,22)26-18(14)12(6-7-20)8-16(15)25-17/h2-5,8,17,21-22H,6,9-10H2,1H3. The van der Waals surface area contributed by atoms with Gasteiger partial charge in [0.2, 0.25) is 15.3 Å². The maximum atomic E-state index is 13.0. The molecule has 27 heavy (non-hydrogen) atoms. The summed E-state index contributed by atoms with van der Waals surface area (Å²) >= 11 is 0. The Morgan fingerprint density at radius 3 is 2.63 bits per heavy atom. The van der Waals surface area contributed by atoms with E-state index in [0.717, 1.165) is 5.56 Å². The Bertz CT molecular complexity index is 1070. The summed E-state index contributed by atoms with van der Waals surface area (Å²) in [6.07, 6.45) is -0.261. The van der Waals surface area contributed by atoms with Crippen molar-refractivity contribution in [1.82, 2.24) is 0 Å². The Morgan fingerprint density at radius 2 is 1.96 bits per heavy atom. The van der Waals surface area contributed by atoms with Crippen molar-refractivity contribution in [3.63, 3.8) is 0 Å². The van der Waals surface area contributed by atoms with Crippen LogP contribution < -0.4 is 9.47 Å². The molecule has 0 fully saturated rings. The molecule has 1 atom stereocenters. The third kappa shape index (κ3) is 2.94. The molecular weight excluding hydrogens is 370 g/mol. The van der Waals surface area contributed by atoms with Crippen molar-refractivity contribution in [2.45, 2.75) is 42.5 Å². The van der Waals surface area contributed by atoms with Gasteiger partial charge in [-0.25, -0.2) is 8.42 Å². The van der Waals surface area contributed by atoms with Crippen molar-refractivity contribution < 1.29 is 28.1 Å². The summed E-state index contributed by atoms with van der Waals surface area (Å²) in [5.41, 5.74) is 1.27. The van der Waals surface area contributed by atoms with Crippen LogP contribution in [-0.2, 0) is 29.1 Å². The van der Waals surface area contributed by atoms with Gasteiger partial charge in [-0.2, -0.15) is 5.26 Å². The fourth-order valence-electron chi connectivity index (χ4n) is 3.48. The van der Waals surface area contributed by atoms with Gasteiger partial charge in [-0.15, -0.1) is 0 Å². The molecule has 8 heteroatoms. The SMILES string of the molecule is Cc1ccc(S(=O)(=O)C2Cc3c4c(cc(CC#N)c3OC(O)(O)C4)O2)cc1. The molecular formula is C19H17NO6S. The number of hydrogen-bond acceptors (Lipinski definition) is 7. The predicted molar refractivity (Wildman–Crippen MR) is 93.7 cm³/mol. The number of rotatable bonds is 3. The molecule has 0 aromatic heterocycles. The van der Waals surface area contributed by atoms with Crippen LogP contribution in [0.15, 0.2) is 35.2 Å². The number of nitriles is 1. The lowest BCUT2D eigenvalue weighted by Gasteiger charge is -2.37. The normalized spacial score (nSPS) is 19.6. The molecule has 2 aliphatic rings. The Kier molecular flexibility index (Phi) is 3.93. The number of sulfone groups is 1. The first-order chi connectivity index (χ1) is 12.7. The highest BCUT2D eigenvalue weighted by Crippen LogP contribution is 2.46. The van der Waals surface area contributed by atoms with Gasteiger partial charge in [0.25, 0.3) is 0 Å². The summed E-state index contributed by atoms with van der Waals surface area (Å²) in [4.78, 5) is 0.153. The maximum Gasteiger partial charge on any atom is 0.326 e. The van der Waals surface area contributed by atoms with Gasteiger partial charge in [0, 0.05) is 23.1 Å². The van der Waals surface area contributed by atoms with Crippen molar-refractivity contribution in [3.8, 4) is 17.6 Å². The number of benzene rings is 2. The van der Waals surface area contributed by atoms with Gasteiger partial charge in [-0.05, 0) is 25.1 Å². The van der Waals surface area contributed by atoms with E-state index in [1.54, 1.807) is 18.2 Å². The number of hydrogen-bond donors (Lipinski definition) is 2. The third-order valence-corrected chi connectivity index (χ3v) is 6.68. The van der Waals surface area contributed by atoms with Gasteiger partial charge in [0.15, 0.2) is 0 Å². The highest BCUT2D eigenvalue weighted by molar-refractivity contribution is 7.92. The summed E-state index contributed by atoms with van der Waals surface area (Å²) in [6, 6.07) is 10.0. The average molecular weight is 387 g/mol. The summed E-state index contributed by atoms with van der Waals surface area (Å²) in [7, 11) is -3.78. The molecule has 0 spiro atoms. The number of aryl methyl sites for hydroxylation is 1. The maximum absolute atomic E-state index is 13.0. The van der Waals surface area contributed by atoms with Crippen molar-refractivity contribution in [1.29, 1.82) is 5.26 Å². The van der Waals surface area contributed by atoms with E-state index in [4.69, 9.17) is 14.7 Å². The molecule has 0 aliphatic carbocycles. The van der Waals surface area contributed by atoms with Crippen LogP contribution in [0.4, 0.5) is 0 Å². The van der Waals surface area contributed by atoms with E-state index in [0.29, 0.717) is 16.7 Å². The fourth-order valence-corrected chi connectivity index (χ4v) is 4.92. The lowest BCUT2D eigenvalue weighted by atomic mass is 9.91. The van der Waals surface area contributed by atoms with E-state index in [2.05, 4.69) is 0 Å². The largest absolute Gasteiger partial charge is 0.474 e. The van der Waals surface area contributed by atoms with Crippen LogP contribution in [-0.4, -0.2) is 30.0 Å². The van der Waals surface area contributed by atoms with Gasteiger partial charge in [0.1, 0.15) is 11.5 Å². The van der Waals surface area contributed by atoms with E-state index in [-0.39, 0.29) is 35.7 Å². The lowest BCUT2D eigenvalue weighted by molar-refractivity contribution is -0.294. The van der Waals surface area contributed by atoms with Gasteiger partial charge >= 0.3 is 5.97 Å². The first kappa shape index (κ1) is 17.8.